The Balaban J connectivity index is 2.00. The number of hydrogen-bond donors (Lipinski definition) is 0. The molecule has 0 aliphatic carbocycles. The van der Waals surface area contributed by atoms with Crippen LogP contribution in [-0.2, 0) is 10.0 Å². The van der Waals surface area contributed by atoms with Gasteiger partial charge < -0.3 is 4.74 Å². The van der Waals surface area contributed by atoms with E-state index in [1.54, 1.807) is 23.5 Å². The highest BCUT2D eigenvalue weighted by Gasteiger charge is 2.37. The van der Waals surface area contributed by atoms with E-state index in [0.29, 0.717) is 17.2 Å². The molecular weight excluding hydrogens is 390 g/mol. The fourth-order valence-electron chi connectivity index (χ4n) is 3.14. The van der Waals surface area contributed by atoms with Crippen LogP contribution in [-0.4, -0.2) is 26.4 Å². The molecule has 4 nitrogen and oxygen atoms in total. The maximum absolute atomic E-state index is 13.1. The number of ether oxygens (including phenoxy) is 1. The summed E-state index contributed by atoms with van der Waals surface area (Å²) in [6.45, 7) is 2.47. The second kappa shape index (κ2) is 6.86. The molecule has 0 spiro atoms. The van der Waals surface area contributed by atoms with Crippen molar-refractivity contribution in [1.29, 1.82) is 0 Å². The van der Waals surface area contributed by atoms with Crippen LogP contribution in [0.2, 0.25) is 0 Å². The van der Waals surface area contributed by atoms with Crippen molar-refractivity contribution in [2.45, 2.75) is 30.7 Å². The molecule has 0 bridgehead atoms. The van der Waals surface area contributed by atoms with E-state index in [1.807, 2.05) is 37.3 Å². The Labute approximate surface area is 151 Å². The van der Waals surface area contributed by atoms with E-state index in [0.717, 1.165) is 28.4 Å². The van der Waals surface area contributed by atoms with Gasteiger partial charge in [0.05, 0.1) is 18.0 Å². The molecule has 1 atom stereocenters. The van der Waals surface area contributed by atoms with Gasteiger partial charge in [-0.1, -0.05) is 39.7 Å². The summed E-state index contributed by atoms with van der Waals surface area (Å²) >= 11 is 3.43. The van der Waals surface area contributed by atoms with E-state index < -0.39 is 10.0 Å². The molecule has 0 radical (unpaired) electrons. The minimum absolute atomic E-state index is 0.195. The fourth-order valence-corrected chi connectivity index (χ4v) is 5.16. The summed E-state index contributed by atoms with van der Waals surface area (Å²) in [4.78, 5) is 0.344. The molecule has 2 aromatic carbocycles. The number of benzene rings is 2. The van der Waals surface area contributed by atoms with Gasteiger partial charge in [0.15, 0.2) is 0 Å². The lowest BCUT2D eigenvalue weighted by molar-refractivity contribution is 0.366. The molecule has 1 aliphatic heterocycles. The summed E-state index contributed by atoms with van der Waals surface area (Å²) in [5, 5.41) is 0. The number of sulfonamides is 1. The lowest BCUT2D eigenvalue weighted by atomic mass is 10.0. The van der Waals surface area contributed by atoms with Crippen molar-refractivity contribution in [2.75, 3.05) is 13.7 Å². The third kappa shape index (κ3) is 3.23. The molecule has 128 valence electrons. The van der Waals surface area contributed by atoms with E-state index in [-0.39, 0.29) is 6.04 Å². The SMILES string of the molecule is COc1cc(Br)ccc1C1CCCN1S(=O)(=O)c1ccc(C)cc1. The Morgan fingerprint density at radius 3 is 2.54 bits per heavy atom. The first-order valence-corrected chi connectivity index (χ1v) is 10.1. The summed E-state index contributed by atoms with van der Waals surface area (Å²) in [7, 11) is -1.91. The molecule has 1 unspecified atom stereocenters. The molecule has 1 fully saturated rings. The summed E-state index contributed by atoms with van der Waals surface area (Å²) in [6.07, 6.45) is 1.64. The lowest BCUT2D eigenvalue weighted by Crippen LogP contribution is -2.30. The smallest absolute Gasteiger partial charge is 0.243 e. The predicted molar refractivity (Wildman–Crippen MR) is 97.7 cm³/mol. The van der Waals surface area contributed by atoms with E-state index in [1.165, 1.54) is 0 Å². The molecular formula is C18H20BrNO3S. The van der Waals surface area contributed by atoms with Gasteiger partial charge in [-0.2, -0.15) is 4.31 Å². The average Bonchev–Trinajstić information content (AvgIpc) is 3.05. The molecule has 1 aliphatic rings. The van der Waals surface area contributed by atoms with Crippen molar-refractivity contribution in [3.8, 4) is 5.75 Å². The predicted octanol–water partition coefficient (Wildman–Crippen LogP) is 4.29. The topological polar surface area (TPSA) is 46.6 Å². The van der Waals surface area contributed by atoms with Crippen molar-refractivity contribution in [3.05, 3.63) is 58.1 Å². The first-order valence-electron chi connectivity index (χ1n) is 7.85. The normalized spacial score (nSPS) is 18.7. The van der Waals surface area contributed by atoms with Crippen molar-refractivity contribution >= 4 is 26.0 Å². The molecule has 0 amide bonds. The number of rotatable bonds is 4. The molecule has 0 saturated carbocycles. The maximum atomic E-state index is 13.1. The van der Waals surface area contributed by atoms with Crippen LogP contribution in [0.1, 0.15) is 30.0 Å². The van der Waals surface area contributed by atoms with Crippen molar-refractivity contribution in [3.63, 3.8) is 0 Å². The summed E-state index contributed by atoms with van der Waals surface area (Å²) in [6, 6.07) is 12.6. The van der Waals surface area contributed by atoms with Gasteiger partial charge in [0.2, 0.25) is 10.0 Å². The Bertz CT molecular complexity index is 834. The number of halogens is 1. The van der Waals surface area contributed by atoms with Gasteiger partial charge in [0, 0.05) is 16.6 Å². The van der Waals surface area contributed by atoms with Crippen LogP contribution in [0.4, 0.5) is 0 Å². The van der Waals surface area contributed by atoms with Gasteiger partial charge in [0.1, 0.15) is 5.75 Å². The lowest BCUT2D eigenvalue weighted by Gasteiger charge is -2.26. The van der Waals surface area contributed by atoms with E-state index in [2.05, 4.69) is 15.9 Å². The minimum atomic E-state index is -3.52. The van der Waals surface area contributed by atoms with E-state index in [4.69, 9.17) is 4.74 Å². The molecule has 1 heterocycles. The van der Waals surface area contributed by atoms with Gasteiger partial charge in [-0.25, -0.2) is 8.42 Å². The first-order chi connectivity index (χ1) is 11.4. The highest BCUT2D eigenvalue weighted by molar-refractivity contribution is 9.10. The zero-order valence-corrected chi connectivity index (χ0v) is 16.1. The van der Waals surface area contributed by atoms with Gasteiger partial charge in [0.25, 0.3) is 0 Å². The highest BCUT2D eigenvalue weighted by atomic mass is 79.9. The number of hydrogen-bond acceptors (Lipinski definition) is 3. The van der Waals surface area contributed by atoms with Crippen molar-refractivity contribution in [2.24, 2.45) is 0 Å². The summed E-state index contributed by atoms with van der Waals surface area (Å²) in [5.74, 6) is 0.709. The minimum Gasteiger partial charge on any atom is -0.496 e. The average molecular weight is 410 g/mol. The molecule has 2 aromatic rings. The summed E-state index contributed by atoms with van der Waals surface area (Å²) in [5.41, 5.74) is 1.95. The Morgan fingerprint density at radius 2 is 1.88 bits per heavy atom. The number of methoxy groups -OCH3 is 1. The molecule has 24 heavy (non-hydrogen) atoms. The molecule has 6 heteroatoms. The van der Waals surface area contributed by atoms with Crippen LogP contribution in [0.25, 0.3) is 0 Å². The Kier molecular flexibility index (Phi) is 4.99. The first kappa shape index (κ1) is 17.5. The second-order valence-electron chi connectivity index (χ2n) is 5.97. The fraction of sp³-hybridized carbons (Fsp3) is 0.333. The van der Waals surface area contributed by atoms with Crippen LogP contribution in [0.5, 0.6) is 5.75 Å². The van der Waals surface area contributed by atoms with Crippen LogP contribution in [0.3, 0.4) is 0 Å². The highest BCUT2D eigenvalue weighted by Crippen LogP contribution is 2.41. The van der Waals surface area contributed by atoms with Gasteiger partial charge in [-0.3, -0.25) is 0 Å². The van der Waals surface area contributed by atoms with Crippen LogP contribution < -0.4 is 4.74 Å². The molecule has 0 N–H and O–H groups in total. The van der Waals surface area contributed by atoms with Crippen LogP contribution in [0, 0.1) is 6.92 Å². The molecule has 0 aromatic heterocycles. The largest absolute Gasteiger partial charge is 0.496 e. The molecule has 3 rings (SSSR count). The van der Waals surface area contributed by atoms with Crippen LogP contribution in [0.15, 0.2) is 51.8 Å². The van der Waals surface area contributed by atoms with Crippen molar-refractivity contribution in [1.82, 2.24) is 4.31 Å². The monoisotopic (exact) mass is 409 g/mol. The quantitative estimate of drug-likeness (QED) is 0.756. The third-order valence-electron chi connectivity index (χ3n) is 4.39. The Hall–Kier alpha value is -1.37. The summed E-state index contributed by atoms with van der Waals surface area (Å²) < 4.78 is 34.1. The van der Waals surface area contributed by atoms with Gasteiger partial charge >= 0.3 is 0 Å². The van der Waals surface area contributed by atoms with Crippen LogP contribution >= 0.6 is 15.9 Å². The Morgan fingerprint density at radius 1 is 1.17 bits per heavy atom. The van der Waals surface area contributed by atoms with Crippen molar-refractivity contribution < 1.29 is 13.2 Å². The molecule has 1 saturated heterocycles. The second-order valence-corrected chi connectivity index (χ2v) is 8.78. The zero-order chi connectivity index (χ0) is 17.3. The number of nitrogens with zero attached hydrogens (tertiary/aromatic N) is 1. The van der Waals surface area contributed by atoms with E-state index >= 15 is 0 Å². The van der Waals surface area contributed by atoms with Gasteiger partial charge in [-0.05, 0) is 44.0 Å². The van der Waals surface area contributed by atoms with Gasteiger partial charge in [-0.15, -0.1) is 0 Å². The standard InChI is InChI=1S/C18H20BrNO3S/c1-13-5-8-15(9-6-13)24(21,22)20-11-3-4-17(20)16-10-7-14(19)12-18(16)23-2/h5-10,12,17H,3-4,11H2,1-2H3. The third-order valence-corrected chi connectivity index (χ3v) is 6.80. The maximum Gasteiger partial charge on any atom is 0.243 e. The number of aryl methyl sites for hydroxylation is 1. The van der Waals surface area contributed by atoms with E-state index in [9.17, 15) is 8.42 Å². The zero-order valence-electron chi connectivity index (χ0n) is 13.7.